The van der Waals surface area contributed by atoms with Crippen LogP contribution in [0.3, 0.4) is 0 Å². The zero-order valence-electron chi connectivity index (χ0n) is 19.2. The van der Waals surface area contributed by atoms with E-state index in [-0.39, 0.29) is 22.1 Å². The van der Waals surface area contributed by atoms with Crippen LogP contribution in [-0.4, -0.2) is 21.8 Å². The van der Waals surface area contributed by atoms with E-state index in [1.807, 2.05) is 0 Å². The van der Waals surface area contributed by atoms with Gasteiger partial charge in [0.2, 0.25) is 0 Å². The van der Waals surface area contributed by atoms with Gasteiger partial charge >= 0.3 is 12.1 Å². The highest BCUT2D eigenvalue weighted by Gasteiger charge is 2.38. The lowest BCUT2D eigenvalue weighted by Crippen LogP contribution is -2.25. The van der Waals surface area contributed by atoms with Crippen LogP contribution in [0.5, 0.6) is 0 Å². The van der Waals surface area contributed by atoms with Gasteiger partial charge in [-0.3, -0.25) is 9.59 Å². The van der Waals surface area contributed by atoms with Gasteiger partial charge in [0, 0.05) is 11.5 Å². The lowest BCUT2D eigenvalue weighted by molar-refractivity contribution is -0.142. The summed E-state index contributed by atoms with van der Waals surface area (Å²) in [4.78, 5) is 28.4. The molecule has 0 radical (unpaired) electrons. The summed E-state index contributed by atoms with van der Waals surface area (Å²) in [6.45, 7) is 0. The molecule has 1 aliphatic rings. The predicted molar refractivity (Wildman–Crippen MR) is 133 cm³/mol. The number of thiazole rings is 1. The molecule has 37 heavy (non-hydrogen) atoms. The Labute approximate surface area is 212 Å². The fraction of sp³-hybridized carbons (Fsp3) is 0.222. The molecule has 1 aromatic heterocycles. The smallest absolute Gasteiger partial charge is 0.416 e. The highest BCUT2D eigenvalue weighted by molar-refractivity contribution is 7.22. The summed E-state index contributed by atoms with van der Waals surface area (Å²) in [5, 5.41) is 12.4. The summed E-state index contributed by atoms with van der Waals surface area (Å²) in [6, 6.07) is 14.4. The van der Waals surface area contributed by atoms with Gasteiger partial charge in [-0.15, -0.1) is 0 Å². The van der Waals surface area contributed by atoms with Gasteiger partial charge in [-0.05, 0) is 54.3 Å². The first kappa shape index (κ1) is 24.9. The third-order valence-electron chi connectivity index (χ3n) is 6.60. The maximum Gasteiger partial charge on any atom is 0.416 e. The van der Waals surface area contributed by atoms with E-state index in [1.165, 1.54) is 18.2 Å². The number of hydrogen-bond acceptors (Lipinski definition) is 5. The number of Topliss-reactive ketones (excluding diaryl/α,β-unsaturated/α-hetero) is 1. The molecule has 0 aliphatic heterocycles. The van der Waals surface area contributed by atoms with Crippen LogP contribution in [0.2, 0.25) is 0 Å². The van der Waals surface area contributed by atoms with Crippen LogP contribution >= 0.6 is 11.3 Å². The van der Waals surface area contributed by atoms with Crippen molar-refractivity contribution in [3.05, 3.63) is 77.6 Å². The van der Waals surface area contributed by atoms with Gasteiger partial charge < -0.3 is 10.4 Å². The first-order valence-electron chi connectivity index (χ1n) is 11.5. The van der Waals surface area contributed by atoms with Gasteiger partial charge in [0.15, 0.2) is 10.9 Å². The fourth-order valence-electron chi connectivity index (χ4n) is 4.68. The van der Waals surface area contributed by atoms with Crippen molar-refractivity contribution in [2.24, 2.45) is 11.8 Å². The number of rotatable bonds is 6. The highest BCUT2D eigenvalue weighted by atomic mass is 32.1. The zero-order valence-corrected chi connectivity index (χ0v) is 20.0. The largest absolute Gasteiger partial charge is 0.481 e. The molecule has 3 aromatic carbocycles. The number of alkyl halides is 3. The quantitative estimate of drug-likeness (QED) is 0.200. The molecule has 4 aromatic rings. The third kappa shape index (κ3) is 5.06. The van der Waals surface area contributed by atoms with Gasteiger partial charge in [0.25, 0.3) is 0 Å². The van der Waals surface area contributed by atoms with Crippen LogP contribution in [0.1, 0.15) is 35.2 Å². The fourth-order valence-corrected chi connectivity index (χ4v) is 5.54. The molecule has 1 fully saturated rings. The van der Waals surface area contributed by atoms with Crippen molar-refractivity contribution in [1.29, 1.82) is 0 Å². The Morgan fingerprint density at radius 3 is 2.32 bits per heavy atom. The van der Waals surface area contributed by atoms with Crippen molar-refractivity contribution < 1.29 is 32.3 Å². The van der Waals surface area contributed by atoms with Gasteiger partial charge in [-0.2, -0.15) is 13.2 Å². The molecule has 5 nitrogen and oxygen atoms in total. The van der Waals surface area contributed by atoms with Crippen LogP contribution in [0.4, 0.5) is 28.4 Å². The van der Waals surface area contributed by atoms with Crippen molar-refractivity contribution in [2.75, 3.05) is 5.32 Å². The SMILES string of the molecule is O=C(O)C1CCCC1C(=O)c1ccc(-c2ccc(Nc3nc4cc(C(F)(F)F)ccc4s3)c(F)c2)cc1. The van der Waals surface area contributed by atoms with E-state index in [9.17, 15) is 32.3 Å². The second kappa shape index (κ2) is 9.59. The molecule has 190 valence electrons. The average molecular weight is 529 g/mol. The van der Waals surface area contributed by atoms with Crippen molar-refractivity contribution >= 4 is 44.1 Å². The Morgan fingerprint density at radius 2 is 1.65 bits per heavy atom. The molecular formula is C27H20F4N2O3S. The summed E-state index contributed by atoms with van der Waals surface area (Å²) >= 11 is 1.11. The number of aromatic nitrogens is 1. The number of carbonyl (C=O) groups excluding carboxylic acids is 1. The number of carbonyl (C=O) groups is 2. The number of hydrogen-bond donors (Lipinski definition) is 2. The molecule has 0 amide bonds. The maximum atomic E-state index is 14.9. The minimum atomic E-state index is -4.48. The number of nitrogens with zero attached hydrogens (tertiary/aromatic N) is 1. The molecule has 2 N–H and O–H groups in total. The van der Waals surface area contributed by atoms with Crippen LogP contribution in [0.25, 0.3) is 21.3 Å². The first-order valence-corrected chi connectivity index (χ1v) is 12.3. The van der Waals surface area contributed by atoms with E-state index in [2.05, 4.69) is 10.3 Å². The minimum absolute atomic E-state index is 0.117. The molecule has 0 bridgehead atoms. The van der Waals surface area contributed by atoms with Crippen LogP contribution in [0.15, 0.2) is 60.7 Å². The Hall–Kier alpha value is -3.79. The average Bonchev–Trinajstić information content (AvgIpc) is 3.51. The molecule has 1 saturated carbocycles. The molecule has 5 rings (SSSR count). The molecule has 0 spiro atoms. The summed E-state index contributed by atoms with van der Waals surface area (Å²) in [5.41, 5.74) is 1.14. The number of carboxylic acid groups (broad SMARTS) is 1. The van der Waals surface area contributed by atoms with Crippen LogP contribution in [0, 0.1) is 17.7 Å². The summed E-state index contributed by atoms with van der Waals surface area (Å²) < 4.78 is 54.3. The van der Waals surface area contributed by atoms with Crippen molar-refractivity contribution in [3.63, 3.8) is 0 Å². The van der Waals surface area contributed by atoms with Gasteiger partial charge in [0.1, 0.15) is 5.82 Å². The normalized spacial score (nSPS) is 17.7. The summed E-state index contributed by atoms with van der Waals surface area (Å²) in [6.07, 6.45) is -2.72. The van der Waals surface area contributed by atoms with Crippen LogP contribution < -0.4 is 5.32 Å². The predicted octanol–water partition coefficient (Wildman–Crippen LogP) is 7.55. The standard InChI is InChI=1S/C27H20F4N2O3S/c28-20-12-16(14-4-6-15(7-5-14)24(34)18-2-1-3-19(18)25(35)36)8-10-21(20)32-26-33-22-13-17(27(29,30)31)9-11-23(22)37-26/h4-13,18-19H,1-3H2,(H,32,33)(H,35,36). The number of ketones is 1. The van der Waals surface area contributed by atoms with E-state index in [0.29, 0.717) is 40.7 Å². The maximum absolute atomic E-state index is 14.9. The molecule has 1 aliphatic carbocycles. The molecule has 0 saturated heterocycles. The molecular weight excluding hydrogens is 508 g/mol. The second-order valence-corrected chi connectivity index (χ2v) is 9.97. The van der Waals surface area contributed by atoms with Gasteiger partial charge in [0.05, 0.1) is 27.4 Å². The Kier molecular flexibility index (Phi) is 6.45. The molecule has 10 heteroatoms. The monoisotopic (exact) mass is 528 g/mol. The van der Waals surface area contributed by atoms with Crippen molar-refractivity contribution in [2.45, 2.75) is 25.4 Å². The second-order valence-electron chi connectivity index (χ2n) is 8.94. The van der Waals surface area contributed by atoms with E-state index < -0.39 is 35.4 Å². The Bertz CT molecular complexity index is 1500. The number of anilines is 2. The number of fused-ring (bicyclic) bond motifs is 1. The number of aliphatic carboxylic acids is 1. The molecule has 1 heterocycles. The summed E-state index contributed by atoms with van der Waals surface area (Å²) in [5.74, 6) is -2.92. The summed E-state index contributed by atoms with van der Waals surface area (Å²) in [7, 11) is 0. The lowest BCUT2D eigenvalue weighted by atomic mass is 9.88. The Balaban J connectivity index is 1.32. The third-order valence-corrected chi connectivity index (χ3v) is 7.55. The van der Waals surface area contributed by atoms with E-state index in [1.54, 1.807) is 30.3 Å². The molecule has 2 atom stereocenters. The number of nitrogens with one attached hydrogen (secondary N) is 1. The molecule has 2 unspecified atom stereocenters. The van der Waals surface area contributed by atoms with Crippen LogP contribution in [-0.2, 0) is 11.0 Å². The number of benzene rings is 3. The lowest BCUT2D eigenvalue weighted by Gasteiger charge is -2.15. The van der Waals surface area contributed by atoms with Gasteiger partial charge in [-0.1, -0.05) is 48.1 Å². The zero-order chi connectivity index (χ0) is 26.3. The highest BCUT2D eigenvalue weighted by Crippen LogP contribution is 2.37. The van der Waals surface area contributed by atoms with Crippen molar-refractivity contribution in [1.82, 2.24) is 4.98 Å². The van der Waals surface area contributed by atoms with Crippen molar-refractivity contribution in [3.8, 4) is 11.1 Å². The first-order chi connectivity index (χ1) is 17.6. The van der Waals surface area contributed by atoms with E-state index >= 15 is 0 Å². The topological polar surface area (TPSA) is 79.3 Å². The number of carboxylic acids is 1. The number of halogens is 4. The Morgan fingerprint density at radius 1 is 0.946 bits per heavy atom. The van der Waals surface area contributed by atoms with Gasteiger partial charge in [-0.25, -0.2) is 9.37 Å². The minimum Gasteiger partial charge on any atom is -0.481 e. The van der Waals surface area contributed by atoms with E-state index in [4.69, 9.17) is 0 Å². The van der Waals surface area contributed by atoms with E-state index in [0.717, 1.165) is 23.5 Å².